The third kappa shape index (κ3) is 1.91. The van der Waals surface area contributed by atoms with Crippen LogP contribution in [-0.4, -0.2) is 23.1 Å². The molecule has 3 rings (SSSR count). The minimum atomic E-state index is 0.256. The predicted octanol–water partition coefficient (Wildman–Crippen LogP) is 2.66. The minimum absolute atomic E-state index is 0.256. The van der Waals surface area contributed by atoms with E-state index in [0.717, 1.165) is 23.8 Å². The molecule has 2 heterocycles. The Balaban J connectivity index is 2.06. The van der Waals surface area contributed by atoms with Crippen molar-refractivity contribution in [3.05, 3.63) is 41.8 Å². The number of nitrogens with zero attached hydrogens (tertiary/aromatic N) is 3. The number of hydrogen-bond donors (Lipinski definition) is 0. The molecule has 0 atom stereocenters. The molecule has 1 aromatic heterocycles. The Kier molecular flexibility index (Phi) is 2.57. The van der Waals surface area contributed by atoms with Crippen LogP contribution < -0.4 is 9.64 Å². The molecule has 0 saturated carbocycles. The molecule has 0 radical (unpaired) electrons. The number of fused-ring (bicyclic) bond motifs is 1. The van der Waals surface area contributed by atoms with Crippen molar-refractivity contribution >= 4 is 23.1 Å². The molecule has 0 saturated heterocycles. The third-order valence-electron chi connectivity index (χ3n) is 2.62. The lowest BCUT2D eigenvalue weighted by molar-refractivity contribution is 0.313. The fraction of sp³-hybridized carbons (Fsp3) is 0.167. The van der Waals surface area contributed by atoms with E-state index >= 15 is 0 Å². The van der Waals surface area contributed by atoms with E-state index in [1.165, 1.54) is 0 Å². The average molecular weight is 248 g/mol. The molecular formula is C12H10ClN3O. The number of halogens is 1. The maximum atomic E-state index is 5.81. The van der Waals surface area contributed by atoms with Crippen LogP contribution in [0, 0.1) is 0 Å². The fourth-order valence-corrected chi connectivity index (χ4v) is 2.03. The summed E-state index contributed by atoms with van der Waals surface area (Å²) >= 11 is 5.81. The first-order chi connectivity index (χ1) is 8.34. The molecule has 1 aliphatic rings. The van der Waals surface area contributed by atoms with Gasteiger partial charge in [0.1, 0.15) is 18.2 Å². The molecule has 2 aromatic rings. The molecule has 0 bridgehead atoms. The molecule has 1 aromatic carbocycles. The van der Waals surface area contributed by atoms with Gasteiger partial charge in [-0.3, -0.25) is 0 Å². The van der Waals surface area contributed by atoms with Gasteiger partial charge in [-0.25, -0.2) is 9.97 Å². The second kappa shape index (κ2) is 4.22. The molecule has 4 nitrogen and oxygen atoms in total. The van der Waals surface area contributed by atoms with Crippen molar-refractivity contribution in [2.45, 2.75) is 0 Å². The normalized spacial score (nSPS) is 14.1. The van der Waals surface area contributed by atoms with Crippen molar-refractivity contribution in [1.82, 2.24) is 9.97 Å². The number of aromatic nitrogens is 2. The monoisotopic (exact) mass is 247 g/mol. The van der Waals surface area contributed by atoms with Gasteiger partial charge in [0.25, 0.3) is 0 Å². The molecule has 86 valence electrons. The van der Waals surface area contributed by atoms with Crippen LogP contribution in [0.4, 0.5) is 11.5 Å². The molecular weight excluding hydrogens is 238 g/mol. The van der Waals surface area contributed by atoms with Crippen LogP contribution in [0.5, 0.6) is 5.75 Å². The Morgan fingerprint density at radius 1 is 1.24 bits per heavy atom. The predicted molar refractivity (Wildman–Crippen MR) is 66.0 cm³/mol. The number of para-hydroxylation sites is 2. The summed E-state index contributed by atoms with van der Waals surface area (Å²) in [5.74, 6) is 1.66. The van der Waals surface area contributed by atoms with Crippen LogP contribution >= 0.6 is 11.6 Å². The highest BCUT2D eigenvalue weighted by molar-refractivity contribution is 6.28. The lowest BCUT2D eigenvalue weighted by atomic mass is 10.2. The van der Waals surface area contributed by atoms with Gasteiger partial charge in [0.05, 0.1) is 12.2 Å². The summed E-state index contributed by atoms with van der Waals surface area (Å²) in [6.07, 6.45) is 1.66. The number of rotatable bonds is 1. The maximum Gasteiger partial charge on any atom is 0.224 e. The van der Waals surface area contributed by atoms with Crippen molar-refractivity contribution in [2.75, 3.05) is 18.1 Å². The number of anilines is 2. The summed E-state index contributed by atoms with van der Waals surface area (Å²) in [5.41, 5.74) is 1.01. The van der Waals surface area contributed by atoms with Crippen molar-refractivity contribution in [3.63, 3.8) is 0 Å². The van der Waals surface area contributed by atoms with Gasteiger partial charge >= 0.3 is 0 Å². The highest BCUT2D eigenvalue weighted by atomic mass is 35.5. The Morgan fingerprint density at radius 2 is 2.12 bits per heavy atom. The molecule has 0 unspecified atom stereocenters. The van der Waals surface area contributed by atoms with E-state index < -0.39 is 0 Å². The van der Waals surface area contributed by atoms with Crippen LogP contribution in [0.2, 0.25) is 5.28 Å². The minimum Gasteiger partial charge on any atom is -0.490 e. The smallest absolute Gasteiger partial charge is 0.224 e. The second-order valence-electron chi connectivity index (χ2n) is 3.65. The Hall–Kier alpha value is -1.81. The number of benzene rings is 1. The zero-order chi connectivity index (χ0) is 11.7. The first kappa shape index (κ1) is 10.4. The van der Waals surface area contributed by atoms with Crippen LogP contribution in [0.1, 0.15) is 0 Å². The molecule has 0 N–H and O–H groups in total. The van der Waals surface area contributed by atoms with Crippen molar-refractivity contribution < 1.29 is 4.74 Å². The first-order valence-corrected chi connectivity index (χ1v) is 5.70. The van der Waals surface area contributed by atoms with Gasteiger partial charge in [0.15, 0.2) is 0 Å². The average Bonchev–Trinajstić information content (AvgIpc) is 2.38. The zero-order valence-electron chi connectivity index (χ0n) is 9.01. The maximum absolute atomic E-state index is 5.81. The van der Waals surface area contributed by atoms with E-state index in [2.05, 4.69) is 14.9 Å². The highest BCUT2D eigenvalue weighted by Crippen LogP contribution is 2.35. The lowest BCUT2D eigenvalue weighted by Gasteiger charge is -2.30. The van der Waals surface area contributed by atoms with Crippen molar-refractivity contribution in [1.29, 1.82) is 0 Å². The second-order valence-corrected chi connectivity index (χ2v) is 3.99. The summed E-state index contributed by atoms with van der Waals surface area (Å²) in [6.45, 7) is 1.39. The Morgan fingerprint density at radius 3 is 3.00 bits per heavy atom. The quantitative estimate of drug-likeness (QED) is 0.727. The van der Waals surface area contributed by atoms with Crippen LogP contribution in [0.3, 0.4) is 0 Å². The van der Waals surface area contributed by atoms with E-state index in [1.54, 1.807) is 6.20 Å². The van der Waals surface area contributed by atoms with Gasteiger partial charge in [0, 0.05) is 6.20 Å². The topological polar surface area (TPSA) is 38.2 Å². The number of hydrogen-bond acceptors (Lipinski definition) is 4. The third-order valence-corrected chi connectivity index (χ3v) is 2.80. The largest absolute Gasteiger partial charge is 0.490 e. The van der Waals surface area contributed by atoms with Gasteiger partial charge in [-0.05, 0) is 29.8 Å². The van der Waals surface area contributed by atoms with Crippen molar-refractivity contribution in [2.24, 2.45) is 0 Å². The Bertz CT molecular complexity index is 547. The van der Waals surface area contributed by atoms with Gasteiger partial charge in [-0.15, -0.1) is 0 Å². The fourth-order valence-electron chi connectivity index (χ4n) is 1.88. The molecule has 0 aliphatic carbocycles. The molecule has 0 spiro atoms. The summed E-state index contributed by atoms with van der Waals surface area (Å²) in [4.78, 5) is 10.2. The van der Waals surface area contributed by atoms with Crippen molar-refractivity contribution in [3.8, 4) is 5.75 Å². The summed E-state index contributed by atoms with van der Waals surface area (Å²) in [7, 11) is 0. The van der Waals surface area contributed by atoms with Crippen LogP contribution in [0.15, 0.2) is 36.5 Å². The Labute approximate surface area is 104 Å². The molecule has 0 fully saturated rings. The van der Waals surface area contributed by atoms with Gasteiger partial charge in [0.2, 0.25) is 5.28 Å². The molecule has 17 heavy (non-hydrogen) atoms. The van der Waals surface area contributed by atoms with Crippen LogP contribution in [0.25, 0.3) is 0 Å². The molecule has 0 amide bonds. The summed E-state index contributed by atoms with van der Waals surface area (Å²) < 4.78 is 5.59. The zero-order valence-corrected chi connectivity index (χ0v) is 9.76. The van der Waals surface area contributed by atoms with Crippen LogP contribution in [-0.2, 0) is 0 Å². The van der Waals surface area contributed by atoms with E-state index in [0.29, 0.717) is 6.61 Å². The van der Waals surface area contributed by atoms with E-state index in [1.807, 2.05) is 30.3 Å². The van der Waals surface area contributed by atoms with E-state index in [4.69, 9.17) is 16.3 Å². The van der Waals surface area contributed by atoms with E-state index in [9.17, 15) is 0 Å². The van der Waals surface area contributed by atoms with Gasteiger partial charge in [-0.2, -0.15) is 0 Å². The number of ether oxygens (including phenoxy) is 1. The SMILES string of the molecule is Clc1nccc(N2CCOc3ccccc32)n1. The summed E-state index contributed by atoms with van der Waals surface area (Å²) in [5, 5.41) is 0.256. The first-order valence-electron chi connectivity index (χ1n) is 5.32. The molecule has 5 heteroatoms. The lowest BCUT2D eigenvalue weighted by Crippen LogP contribution is -2.29. The molecule has 1 aliphatic heterocycles. The standard InChI is InChI=1S/C12H10ClN3O/c13-12-14-6-5-11(15-12)16-7-8-17-10-4-2-1-3-9(10)16/h1-6H,7-8H2. The van der Waals surface area contributed by atoms with E-state index in [-0.39, 0.29) is 5.28 Å². The van der Waals surface area contributed by atoms with Gasteiger partial charge < -0.3 is 9.64 Å². The van der Waals surface area contributed by atoms with Gasteiger partial charge in [-0.1, -0.05) is 12.1 Å². The summed E-state index contributed by atoms with van der Waals surface area (Å²) in [6, 6.07) is 9.72. The highest BCUT2D eigenvalue weighted by Gasteiger charge is 2.19.